The van der Waals surface area contributed by atoms with Crippen LogP contribution >= 0.6 is 0 Å². The van der Waals surface area contributed by atoms with Crippen LogP contribution in [-0.2, 0) is 16.0 Å². The van der Waals surface area contributed by atoms with Gasteiger partial charge in [0.05, 0.1) is 11.8 Å². The van der Waals surface area contributed by atoms with Gasteiger partial charge in [0.2, 0.25) is 5.91 Å². The predicted octanol–water partition coefficient (Wildman–Crippen LogP) is 2.48. The fourth-order valence-corrected chi connectivity index (χ4v) is 3.55. The largest absolute Gasteiger partial charge is 0.481 e. The maximum absolute atomic E-state index is 12.4. The topological polar surface area (TPSA) is 66.4 Å². The quantitative estimate of drug-likeness (QED) is 0.839. The minimum Gasteiger partial charge on any atom is -0.481 e. The van der Waals surface area contributed by atoms with Crippen LogP contribution in [0.15, 0.2) is 24.3 Å². The number of carboxylic acids is 1. The average molecular weight is 287 g/mol. The Bertz CT molecular complexity index is 555. The molecule has 1 aromatic carbocycles. The van der Waals surface area contributed by atoms with Crippen molar-refractivity contribution in [1.29, 1.82) is 0 Å². The Balaban J connectivity index is 1.68. The van der Waals surface area contributed by atoms with Gasteiger partial charge in [-0.05, 0) is 30.4 Å². The summed E-state index contributed by atoms with van der Waals surface area (Å²) in [6.45, 7) is 0. The van der Waals surface area contributed by atoms with E-state index in [1.54, 1.807) is 0 Å². The number of benzene rings is 1. The summed E-state index contributed by atoms with van der Waals surface area (Å²) in [7, 11) is 0. The predicted molar refractivity (Wildman–Crippen MR) is 79.0 cm³/mol. The summed E-state index contributed by atoms with van der Waals surface area (Å²) in [5.41, 5.74) is 2.32. The molecular weight excluding hydrogens is 266 g/mol. The van der Waals surface area contributed by atoms with Crippen molar-refractivity contribution in [3.8, 4) is 0 Å². The molecule has 4 nitrogen and oxygen atoms in total. The minimum absolute atomic E-state index is 0.00755. The molecule has 1 aromatic rings. The molecule has 4 heteroatoms. The fourth-order valence-electron chi connectivity index (χ4n) is 3.55. The van der Waals surface area contributed by atoms with Gasteiger partial charge in [-0.25, -0.2) is 0 Å². The monoisotopic (exact) mass is 287 g/mol. The molecule has 0 aliphatic heterocycles. The van der Waals surface area contributed by atoms with Crippen molar-refractivity contribution in [2.75, 3.05) is 0 Å². The molecule has 0 saturated heterocycles. The summed E-state index contributed by atoms with van der Waals surface area (Å²) in [6.07, 6.45) is 5.21. The van der Waals surface area contributed by atoms with Crippen LogP contribution < -0.4 is 5.32 Å². The zero-order valence-electron chi connectivity index (χ0n) is 12.0. The number of hydrogen-bond acceptors (Lipinski definition) is 2. The molecule has 1 amide bonds. The summed E-state index contributed by atoms with van der Waals surface area (Å²) >= 11 is 0. The van der Waals surface area contributed by atoms with Crippen LogP contribution in [0.3, 0.4) is 0 Å². The Morgan fingerprint density at radius 2 is 1.86 bits per heavy atom. The molecule has 2 aliphatic carbocycles. The van der Waals surface area contributed by atoms with Gasteiger partial charge in [-0.3, -0.25) is 9.59 Å². The molecule has 3 unspecified atom stereocenters. The molecule has 0 heterocycles. The molecule has 0 spiro atoms. The highest BCUT2D eigenvalue weighted by Gasteiger charge is 2.36. The summed E-state index contributed by atoms with van der Waals surface area (Å²) in [5, 5.41) is 12.4. The molecule has 3 atom stereocenters. The van der Waals surface area contributed by atoms with Gasteiger partial charge >= 0.3 is 5.97 Å². The van der Waals surface area contributed by atoms with E-state index >= 15 is 0 Å². The Labute approximate surface area is 124 Å². The summed E-state index contributed by atoms with van der Waals surface area (Å²) in [6, 6.07) is 7.75. The molecule has 112 valence electrons. The summed E-state index contributed by atoms with van der Waals surface area (Å²) < 4.78 is 0. The Kier molecular flexibility index (Phi) is 3.95. The highest BCUT2D eigenvalue weighted by Crippen LogP contribution is 2.35. The highest BCUT2D eigenvalue weighted by molar-refractivity contribution is 5.87. The third-order valence-electron chi connectivity index (χ3n) is 4.83. The van der Waals surface area contributed by atoms with Crippen molar-refractivity contribution >= 4 is 11.9 Å². The van der Waals surface area contributed by atoms with E-state index in [2.05, 4.69) is 5.32 Å². The van der Waals surface area contributed by atoms with Crippen molar-refractivity contribution < 1.29 is 14.7 Å². The van der Waals surface area contributed by atoms with E-state index in [4.69, 9.17) is 0 Å². The second kappa shape index (κ2) is 5.88. The highest BCUT2D eigenvalue weighted by atomic mass is 16.4. The smallest absolute Gasteiger partial charge is 0.308 e. The van der Waals surface area contributed by atoms with Crippen molar-refractivity contribution in [2.45, 2.75) is 50.5 Å². The number of aliphatic carboxylic acids is 1. The molecule has 3 rings (SSSR count). The first-order valence-corrected chi connectivity index (χ1v) is 7.78. The second-order valence-corrected chi connectivity index (χ2v) is 6.15. The van der Waals surface area contributed by atoms with E-state index in [-0.39, 0.29) is 17.9 Å². The number of rotatable bonds is 3. The average Bonchev–Trinajstić information content (AvgIpc) is 2.65. The van der Waals surface area contributed by atoms with E-state index in [9.17, 15) is 14.7 Å². The zero-order chi connectivity index (χ0) is 14.8. The molecule has 1 fully saturated rings. The van der Waals surface area contributed by atoms with Gasteiger partial charge in [0.15, 0.2) is 0 Å². The fraction of sp³-hybridized carbons (Fsp3) is 0.529. The lowest BCUT2D eigenvalue weighted by atomic mass is 9.77. The maximum Gasteiger partial charge on any atom is 0.308 e. The number of carbonyl (C=O) groups is 2. The number of carbonyl (C=O) groups excluding carboxylic acids is 1. The molecule has 0 bridgehead atoms. The van der Waals surface area contributed by atoms with Crippen LogP contribution in [0, 0.1) is 5.92 Å². The molecule has 0 aromatic heterocycles. The third kappa shape index (κ3) is 2.80. The SMILES string of the molecule is O=C(NC1CCCCCC1C(=O)O)C1Cc2ccccc21. The standard InChI is InChI=1S/C17H21NO3/c19-16(14-10-11-6-4-5-7-12(11)14)18-15-9-3-1-2-8-13(15)17(20)21/h4-7,13-15H,1-3,8-10H2,(H,18,19)(H,20,21). The first-order valence-electron chi connectivity index (χ1n) is 7.78. The van der Waals surface area contributed by atoms with Crippen molar-refractivity contribution in [3.05, 3.63) is 35.4 Å². The Morgan fingerprint density at radius 1 is 1.10 bits per heavy atom. The van der Waals surface area contributed by atoms with Crippen LogP contribution in [0.25, 0.3) is 0 Å². The van der Waals surface area contributed by atoms with Gasteiger partial charge in [0, 0.05) is 6.04 Å². The van der Waals surface area contributed by atoms with Gasteiger partial charge in [0.25, 0.3) is 0 Å². The molecule has 2 aliphatic rings. The van der Waals surface area contributed by atoms with Gasteiger partial charge < -0.3 is 10.4 Å². The van der Waals surface area contributed by atoms with Gasteiger partial charge in [-0.15, -0.1) is 0 Å². The normalized spacial score (nSPS) is 27.9. The van der Waals surface area contributed by atoms with Crippen LogP contribution in [-0.4, -0.2) is 23.0 Å². The zero-order valence-corrected chi connectivity index (χ0v) is 12.0. The van der Waals surface area contributed by atoms with Crippen LogP contribution in [0.1, 0.15) is 49.1 Å². The van der Waals surface area contributed by atoms with Crippen molar-refractivity contribution in [3.63, 3.8) is 0 Å². The van der Waals surface area contributed by atoms with E-state index in [0.29, 0.717) is 6.42 Å². The van der Waals surface area contributed by atoms with Crippen LogP contribution in [0.2, 0.25) is 0 Å². The second-order valence-electron chi connectivity index (χ2n) is 6.15. The molecule has 0 radical (unpaired) electrons. The lowest BCUT2D eigenvalue weighted by Gasteiger charge is -2.31. The van der Waals surface area contributed by atoms with Gasteiger partial charge in [-0.2, -0.15) is 0 Å². The Hall–Kier alpha value is -1.84. The van der Waals surface area contributed by atoms with Crippen LogP contribution in [0.4, 0.5) is 0 Å². The molecule has 2 N–H and O–H groups in total. The molecular formula is C17H21NO3. The maximum atomic E-state index is 12.4. The third-order valence-corrected chi connectivity index (χ3v) is 4.83. The van der Waals surface area contributed by atoms with Crippen molar-refractivity contribution in [2.24, 2.45) is 5.92 Å². The Morgan fingerprint density at radius 3 is 2.62 bits per heavy atom. The number of amides is 1. The molecule has 21 heavy (non-hydrogen) atoms. The van der Waals surface area contributed by atoms with E-state index in [1.165, 1.54) is 5.56 Å². The summed E-state index contributed by atoms with van der Waals surface area (Å²) in [4.78, 5) is 23.8. The molecule has 1 saturated carbocycles. The van der Waals surface area contributed by atoms with E-state index in [0.717, 1.165) is 37.7 Å². The number of carboxylic acid groups (broad SMARTS) is 1. The van der Waals surface area contributed by atoms with E-state index in [1.807, 2.05) is 24.3 Å². The summed E-state index contributed by atoms with van der Waals surface area (Å²) in [5.74, 6) is -1.33. The number of fused-ring (bicyclic) bond motifs is 1. The van der Waals surface area contributed by atoms with Crippen molar-refractivity contribution in [1.82, 2.24) is 5.32 Å². The lowest BCUT2D eigenvalue weighted by Crippen LogP contribution is -2.46. The lowest BCUT2D eigenvalue weighted by molar-refractivity contribution is -0.143. The number of nitrogens with one attached hydrogen (secondary N) is 1. The van der Waals surface area contributed by atoms with Crippen LogP contribution in [0.5, 0.6) is 0 Å². The van der Waals surface area contributed by atoms with Gasteiger partial charge in [0.1, 0.15) is 0 Å². The first-order chi connectivity index (χ1) is 10.2. The number of hydrogen-bond donors (Lipinski definition) is 2. The van der Waals surface area contributed by atoms with E-state index < -0.39 is 11.9 Å². The minimum atomic E-state index is -0.781. The first kappa shape index (κ1) is 14.1. The van der Waals surface area contributed by atoms with Gasteiger partial charge in [-0.1, -0.05) is 43.5 Å².